The minimum Gasteiger partial charge on any atom is -0.461 e. The largest absolute Gasteiger partial charge is 0.461 e. The predicted molar refractivity (Wildman–Crippen MR) is 223 cm³/mol. The number of hydrogen-bond donors (Lipinski definition) is 3. The summed E-state index contributed by atoms with van der Waals surface area (Å²) in [5, 5.41) is 12.9. The second-order valence-corrected chi connectivity index (χ2v) is 15.6. The molecule has 11 nitrogen and oxygen atoms in total. The zero-order valence-corrected chi connectivity index (χ0v) is 34.1. The van der Waals surface area contributed by atoms with Crippen molar-refractivity contribution in [2.75, 3.05) is 13.2 Å². The summed E-state index contributed by atoms with van der Waals surface area (Å²) in [5.41, 5.74) is 9.15. The van der Waals surface area contributed by atoms with Crippen LogP contribution in [-0.4, -0.2) is 63.6 Å². The van der Waals surface area contributed by atoms with Gasteiger partial charge in [-0.1, -0.05) is 112 Å². The first-order valence-electron chi connectivity index (χ1n) is 19.8. The molecule has 5 rings (SSSR count). The molecular formula is C47H52F2N4O7. The predicted octanol–water partition coefficient (Wildman–Crippen LogP) is 6.86. The van der Waals surface area contributed by atoms with Crippen molar-refractivity contribution in [3.63, 3.8) is 0 Å². The van der Waals surface area contributed by atoms with Crippen molar-refractivity contribution in [1.29, 1.82) is 0 Å². The van der Waals surface area contributed by atoms with E-state index in [9.17, 15) is 28.7 Å². The summed E-state index contributed by atoms with van der Waals surface area (Å²) < 4.78 is 42.3. The van der Waals surface area contributed by atoms with Crippen LogP contribution >= 0.6 is 0 Å². The molecule has 60 heavy (non-hydrogen) atoms. The van der Waals surface area contributed by atoms with Gasteiger partial charge in [-0.25, -0.2) is 13.6 Å². The van der Waals surface area contributed by atoms with Gasteiger partial charge in [-0.3, -0.25) is 14.4 Å². The number of carbonyl (C=O) groups excluding carboxylic acids is 4. The lowest BCUT2D eigenvalue weighted by atomic mass is 9.82. The molecule has 2 amide bonds. The Labute approximate surface area is 349 Å². The Morgan fingerprint density at radius 2 is 1.38 bits per heavy atom. The molecule has 0 aliphatic heterocycles. The van der Waals surface area contributed by atoms with E-state index in [1.807, 2.05) is 92.1 Å². The molecule has 0 fully saturated rings. The molecule has 0 bridgehead atoms. The molecule has 1 aromatic heterocycles. The zero-order valence-electron chi connectivity index (χ0n) is 34.1. The summed E-state index contributed by atoms with van der Waals surface area (Å²) in [5.74, 6) is -3.97. The number of nitrogens with one attached hydrogen (secondary N) is 1. The number of halogens is 2. The molecule has 0 saturated heterocycles. The number of ether oxygens (including phenoxy) is 2. The van der Waals surface area contributed by atoms with E-state index < -0.39 is 65.5 Å². The van der Waals surface area contributed by atoms with Crippen LogP contribution < -0.4 is 11.1 Å². The number of aromatic nitrogens is 1. The minimum atomic E-state index is -1.25. The number of hydrogen-bond acceptors (Lipinski definition) is 8. The number of aliphatic hydroxyl groups excluding tert-OH is 1. The molecule has 5 aromatic rings. The third-order valence-electron chi connectivity index (χ3n) is 9.96. The van der Waals surface area contributed by atoms with Gasteiger partial charge in [-0.2, -0.15) is 0 Å². The van der Waals surface area contributed by atoms with E-state index in [0.29, 0.717) is 17.8 Å². The topological polar surface area (TPSA) is 153 Å². The monoisotopic (exact) mass is 822 g/mol. The van der Waals surface area contributed by atoms with E-state index >= 15 is 4.39 Å². The first-order valence-corrected chi connectivity index (χ1v) is 19.8. The lowest BCUT2D eigenvalue weighted by Crippen LogP contribution is -2.51. The van der Waals surface area contributed by atoms with E-state index in [2.05, 4.69) is 5.32 Å². The fourth-order valence-corrected chi connectivity index (χ4v) is 6.94. The fourth-order valence-electron chi connectivity index (χ4n) is 6.94. The molecule has 0 radical (unpaired) electrons. The highest BCUT2D eigenvalue weighted by Gasteiger charge is 2.38. The summed E-state index contributed by atoms with van der Waals surface area (Å²) in [6, 6.07) is 29.2. The van der Waals surface area contributed by atoms with Crippen molar-refractivity contribution in [3.8, 4) is 11.1 Å². The molecule has 316 valence electrons. The second-order valence-electron chi connectivity index (χ2n) is 15.6. The molecule has 0 spiro atoms. The molecule has 1 heterocycles. The summed E-state index contributed by atoms with van der Waals surface area (Å²) in [4.78, 5) is 54.8. The van der Waals surface area contributed by atoms with Crippen molar-refractivity contribution in [2.24, 2.45) is 11.1 Å². The number of amides is 2. The molecule has 0 saturated carbocycles. The average molecular weight is 823 g/mol. The van der Waals surface area contributed by atoms with Crippen molar-refractivity contribution < 1.29 is 42.5 Å². The lowest BCUT2D eigenvalue weighted by molar-refractivity contribution is -0.150. The van der Waals surface area contributed by atoms with Gasteiger partial charge < -0.3 is 35.1 Å². The standard InChI is InChI=1S/C47H52F2N4O7/c1-47(2,3)44(41-25-35(37-26-36(48)19-20-38(37)49)28-52(41)27-32-13-7-4-8-14-32)53(42(55)29-54)24-23-39(50)45(57)51-40(46(58)60-31-34-17-11-6-12-18-34)21-22-43(56)59-30-33-15-9-5-10-16-33/h4-20,25-26,28,39-40,44,54H,21-24,27,29-31,50H2,1-3H3,(H,51,57)/t39-,40+,44-/m0/s1. The molecule has 13 heteroatoms. The van der Waals surface area contributed by atoms with Crippen LogP contribution in [0.2, 0.25) is 0 Å². The average Bonchev–Trinajstić information content (AvgIpc) is 3.64. The van der Waals surface area contributed by atoms with E-state index in [0.717, 1.165) is 34.9 Å². The van der Waals surface area contributed by atoms with Crippen LogP contribution in [0.1, 0.15) is 68.5 Å². The lowest BCUT2D eigenvalue weighted by Gasteiger charge is -2.41. The molecule has 3 atom stereocenters. The highest BCUT2D eigenvalue weighted by molar-refractivity contribution is 5.88. The Hall–Kier alpha value is -6.18. The molecule has 0 unspecified atom stereocenters. The highest BCUT2D eigenvalue weighted by Crippen LogP contribution is 2.41. The second kappa shape index (κ2) is 21.2. The van der Waals surface area contributed by atoms with Crippen LogP contribution in [-0.2, 0) is 48.4 Å². The zero-order chi connectivity index (χ0) is 43.2. The maximum Gasteiger partial charge on any atom is 0.328 e. The molecule has 0 aliphatic rings. The van der Waals surface area contributed by atoms with Crippen LogP contribution in [0.15, 0.2) is 121 Å². The molecule has 4 aromatic carbocycles. The van der Waals surface area contributed by atoms with Gasteiger partial charge in [0, 0.05) is 42.5 Å². The van der Waals surface area contributed by atoms with Crippen LogP contribution in [0.25, 0.3) is 11.1 Å². The Kier molecular flexibility index (Phi) is 15.9. The third-order valence-corrected chi connectivity index (χ3v) is 9.96. The van der Waals surface area contributed by atoms with Gasteiger partial charge in [-0.15, -0.1) is 0 Å². The Bertz CT molecular complexity index is 2190. The van der Waals surface area contributed by atoms with Crippen molar-refractivity contribution >= 4 is 23.8 Å². The molecular weight excluding hydrogens is 771 g/mol. The maximum absolute atomic E-state index is 15.2. The van der Waals surface area contributed by atoms with Gasteiger partial charge in [0.05, 0.1) is 12.1 Å². The fraction of sp³-hybridized carbons (Fsp3) is 0.319. The van der Waals surface area contributed by atoms with Crippen molar-refractivity contribution in [3.05, 3.63) is 155 Å². The maximum atomic E-state index is 15.2. The number of carbonyl (C=O) groups is 4. The van der Waals surface area contributed by atoms with Gasteiger partial charge in [0.25, 0.3) is 0 Å². The van der Waals surface area contributed by atoms with E-state index in [1.165, 1.54) is 4.90 Å². The number of nitrogens with two attached hydrogens (primary N) is 1. The Morgan fingerprint density at radius 1 is 0.800 bits per heavy atom. The smallest absolute Gasteiger partial charge is 0.328 e. The molecule has 4 N–H and O–H groups in total. The van der Waals surface area contributed by atoms with Gasteiger partial charge in [0.2, 0.25) is 11.8 Å². The normalized spacial score (nSPS) is 12.8. The van der Waals surface area contributed by atoms with Crippen LogP contribution in [0.3, 0.4) is 0 Å². The summed E-state index contributed by atoms with van der Waals surface area (Å²) in [7, 11) is 0. The van der Waals surface area contributed by atoms with Gasteiger partial charge in [0.15, 0.2) is 0 Å². The van der Waals surface area contributed by atoms with Crippen LogP contribution in [0, 0.1) is 17.0 Å². The van der Waals surface area contributed by atoms with Crippen molar-refractivity contribution in [1.82, 2.24) is 14.8 Å². The van der Waals surface area contributed by atoms with Crippen LogP contribution in [0.5, 0.6) is 0 Å². The van der Waals surface area contributed by atoms with Gasteiger partial charge >= 0.3 is 11.9 Å². The van der Waals surface area contributed by atoms with Crippen molar-refractivity contribution in [2.45, 2.75) is 77.9 Å². The summed E-state index contributed by atoms with van der Waals surface area (Å²) in [6.07, 6.45) is 1.27. The van der Waals surface area contributed by atoms with Crippen LogP contribution in [0.4, 0.5) is 8.78 Å². The number of nitrogens with zero attached hydrogens (tertiary/aromatic N) is 2. The van der Waals surface area contributed by atoms with E-state index in [4.69, 9.17) is 15.2 Å². The highest BCUT2D eigenvalue weighted by atomic mass is 19.1. The number of benzene rings is 4. The van der Waals surface area contributed by atoms with Gasteiger partial charge in [0.1, 0.15) is 37.5 Å². The third kappa shape index (κ3) is 12.7. The summed E-state index contributed by atoms with van der Waals surface area (Å²) >= 11 is 0. The van der Waals surface area contributed by atoms with E-state index in [-0.39, 0.29) is 44.6 Å². The first kappa shape index (κ1) is 44.9. The quantitative estimate of drug-likeness (QED) is 0.0765. The first-order chi connectivity index (χ1) is 28.7. The van der Waals surface area contributed by atoms with E-state index in [1.54, 1.807) is 36.5 Å². The molecule has 0 aliphatic carbocycles. The summed E-state index contributed by atoms with van der Waals surface area (Å²) in [6.45, 7) is 5.05. The number of esters is 2. The SMILES string of the molecule is CC(C)(C)[C@H](c1cc(-c2cc(F)ccc2F)cn1Cc1ccccc1)N(CC[C@H](N)C(=O)N[C@H](CCC(=O)OCc1ccccc1)C(=O)OCc1ccccc1)C(=O)CO. The Morgan fingerprint density at radius 3 is 1.97 bits per heavy atom. The number of aliphatic hydroxyl groups is 1. The number of rotatable bonds is 19. The minimum absolute atomic E-state index is 0.0377. The van der Waals surface area contributed by atoms with Gasteiger partial charge in [-0.05, 0) is 59.2 Å². The Balaban J connectivity index is 1.36.